The third-order valence-electron chi connectivity index (χ3n) is 6.23. The van der Waals surface area contributed by atoms with Gasteiger partial charge in [0, 0.05) is 17.5 Å². The van der Waals surface area contributed by atoms with Gasteiger partial charge in [-0.2, -0.15) is 4.98 Å². The van der Waals surface area contributed by atoms with E-state index in [1.165, 1.54) is 49.8 Å². The van der Waals surface area contributed by atoms with Gasteiger partial charge in [-0.1, -0.05) is 0 Å². The van der Waals surface area contributed by atoms with Gasteiger partial charge in [0.1, 0.15) is 5.82 Å². The Morgan fingerprint density at radius 1 is 1.00 bits per heavy atom. The molecule has 0 radical (unpaired) electrons. The molecular weight excluding hydrogens is 248 g/mol. The first-order chi connectivity index (χ1) is 9.72. The number of rotatable bonds is 1. The molecule has 0 saturated heterocycles. The van der Waals surface area contributed by atoms with Crippen LogP contribution in [0.2, 0.25) is 0 Å². The number of nitrogen functional groups attached to an aromatic ring is 1. The highest BCUT2D eigenvalue weighted by atomic mass is 15.1. The fraction of sp³-hybridized carbons (Fsp3) is 0.750. The molecule has 3 N–H and O–H groups in total. The van der Waals surface area contributed by atoms with E-state index in [4.69, 9.17) is 10.7 Å². The fourth-order valence-electron chi connectivity index (χ4n) is 6.03. The molecule has 0 unspecified atom stereocenters. The molecule has 5 aliphatic rings. The van der Waals surface area contributed by atoms with Gasteiger partial charge >= 0.3 is 0 Å². The van der Waals surface area contributed by atoms with Gasteiger partial charge in [0.15, 0.2) is 0 Å². The zero-order valence-corrected chi connectivity index (χ0v) is 11.9. The summed E-state index contributed by atoms with van der Waals surface area (Å²) in [7, 11) is 0. The van der Waals surface area contributed by atoms with Crippen molar-refractivity contribution in [1.82, 2.24) is 9.97 Å². The summed E-state index contributed by atoms with van der Waals surface area (Å²) in [5, 5.41) is 3.38. The Hall–Kier alpha value is -1.32. The summed E-state index contributed by atoms with van der Waals surface area (Å²) in [6.07, 6.45) is 9.54. The summed E-state index contributed by atoms with van der Waals surface area (Å²) in [4.78, 5) is 9.16. The van der Waals surface area contributed by atoms with E-state index in [1.807, 2.05) is 0 Å². The SMILES string of the molecule is Nc1nc2c(c(C34CC5CC(CC(C5)C3)C4)n1)CCN2. The number of aromatic nitrogens is 2. The van der Waals surface area contributed by atoms with E-state index in [0.717, 1.165) is 36.5 Å². The molecule has 106 valence electrons. The average molecular weight is 270 g/mol. The number of nitrogens with two attached hydrogens (primary N) is 1. The van der Waals surface area contributed by atoms with Crippen molar-refractivity contribution >= 4 is 11.8 Å². The normalized spacial score (nSPS) is 40.7. The molecule has 20 heavy (non-hydrogen) atoms. The highest BCUT2D eigenvalue weighted by Crippen LogP contribution is 2.61. The van der Waals surface area contributed by atoms with Gasteiger partial charge in [-0.05, 0) is 62.7 Å². The first-order valence-electron chi connectivity index (χ1n) is 8.13. The highest BCUT2D eigenvalue weighted by molar-refractivity contribution is 5.55. The maximum absolute atomic E-state index is 5.99. The van der Waals surface area contributed by atoms with Crippen molar-refractivity contribution in [2.75, 3.05) is 17.6 Å². The lowest BCUT2D eigenvalue weighted by Crippen LogP contribution is -2.49. The summed E-state index contributed by atoms with van der Waals surface area (Å²) in [6, 6.07) is 0. The van der Waals surface area contributed by atoms with Crippen LogP contribution in [0.3, 0.4) is 0 Å². The van der Waals surface area contributed by atoms with Crippen molar-refractivity contribution in [3.05, 3.63) is 11.3 Å². The molecule has 4 aliphatic carbocycles. The number of nitrogens with zero attached hydrogens (tertiary/aromatic N) is 2. The molecule has 1 aromatic rings. The first-order valence-corrected chi connectivity index (χ1v) is 8.13. The second-order valence-electron chi connectivity index (χ2n) is 7.63. The van der Waals surface area contributed by atoms with E-state index < -0.39 is 0 Å². The van der Waals surface area contributed by atoms with Crippen LogP contribution in [0.1, 0.15) is 49.8 Å². The summed E-state index contributed by atoms with van der Waals surface area (Å²) < 4.78 is 0. The molecular formula is C16H22N4. The zero-order valence-electron chi connectivity index (χ0n) is 11.9. The lowest BCUT2D eigenvalue weighted by atomic mass is 9.48. The minimum absolute atomic E-state index is 0.335. The van der Waals surface area contributed by atoms with E-state index in [2.05, 4.69) is 10.3 Å². The van der Waals surface area contributed by atoms with Crippen molar-refractivity contribution < 1.29 is 0 Å². The summed E-state index contributed by atoms with van der Waals surface area (Å²) in [5.74, 6) is 4.32. The zero-order chi connectivity index (χ0) is 13.3. The van der Waals surface area contributed by atoms with Gasteiger partial charge in [-0.15, -0.1) is 0 Å². The maximum atomic E-state index is 5.99. The summed E-state index contributed by atoms with van der Waals surface area (Å²) >= 11 is 0. The lowest BCUT2D eigenvalue weighted by molar-refractivity contribution is -0.00751. The average Bonchev–Trinajstić information content (AvgIpc) is 2.83. The maximum Gasteiger partial charge on any atom is 0.222 e. The van der Waals surface area contributed by atoms with Crippen molar-refractivity contribution in [3.8, 4) is 0 Å². The van der Waals surface area contributed by atoms with Crippen LogP contribution in [0.15, 0.2) is 0 Å². The minimum Gasteiger partial charge on any atom is -0.369 e. The highest BCUT2D eigenvalue weighted by Gasteiger charge is 2.53. The Morgan fingerprint density at radius 2 is 1.65 bits per heavy atom. The van der Waals surface area contributed by atoms with Crippen LogP contribution in [0, 0.1) is 17.8 Å². The second-order valence-corrected chi connectivity index (χ2v) is 7.63. The molecule has 1 aromatic heterocycles. The minimum atomic E-state index is 0.335. The number of hydrogen-bond donors (Lipinski definition) is 2. The third kappa shape index (κ3) is 1.42. The molecule has 6 rings (SSSR count). The van der Waals surface area contributed by atoms with Crippen LogP contribution >= 0.6 is 0 Å². The number of hydrogen-bond acceptors (Lipinski definition) is 4. The van der Waals surface area contributed by atoms with Crippen LogP contribution in [-0.2, 0) is 11.8 Å². The Labute approximate surface area is 119 Å². The van der Waals surface area contributed by atoms with Crippen molar-refractivity contribution in [2.45, 2.75) is 50.4 Å². The number of nitrogens with one attached hydrogen (secondary N) is 1. The molecule has 4 fully saturated rings. The summed E-state index contributed by atoms with van der Waals surface area (Å²) in [6.45, 7) is 0.993. The predicted octanol–water partition coefficient (Wildman–Crippen LogP) is 2.49. The van der Waals surface area contributed by atoms with Gasteiger partial charge in [0.25, 0.3) is 0 Å². The van der Waals surface area contributed by atoms with E-state index in [9.17, 15) is 0 Å². The van der Waals surface area contributed by atoms with Crippen molar-refractivity contribution in [2.24, 2.45) is 17.8 Å². The molecule has 4 saturated carbocycles. The Bertz CT molecular complexity index is 545. The first kappa shape index (κ1) is 11.4. The van der Waals surface area contributed by atoms with Gasteiger partial charge in [0.2, 0.25) is 5.95 Å². The van der Waals surface area contributed by atoms with Gasteiger partial charge in [0.05, 0.1) is 5.69 Å². The van der Waals surface area contributed by atoms with Crippen LogP contribution in [0.4, 0.5) is 11.8 Å². The largest absolute Gasteiger partial charge is 0.369 e. The third-order valence-corrected chi connectivity index (χ3v) is 6.23. The van der Waals surface area contributed by atoms with Gasteiger partial charge in [-0.3, -0.25) is 0 Å². The molecule has 4 bridgehead atoms. The van der Waals surface area contributed by atoms with Gasteiger partial charge < -0.3 is 11.1 Å². The van der Waals surface area contributed by atoms with E-state index >= 15 is 0 Å². The fourth-order valence-corrected chi connectivity index (χ4v) is 6.03. The van der Waals surface area contributed by atoms with E-state index in [1.54, 1.807) is 0 Å². The Balaban J connectivity index is 1.66. The molecule has 0 spiro atoms. The van der Waals surface area contributed by atoms with Gasteiger partial charge in [-0.25, -0.2) is 4.98 Å². The Morgan fingerprint density at radius 3 is 2.30 bits per heavy atom. The van der Waals surface area contributed by atoms with Crippen LogP contribution in [0.25, 0.3) is 0 Å². The molecule has 0 aromatic carbocycles. The van der Waals surface area contributed by atoms with Crippen molar-refractivity contribution in [3.63, 3.8) is 0 Å². The molecule has 4 heteroatoms. The second kappa shape index (κ2) is 3.66. The topological polar surface area (TPSA) is 63.8 Å². The molecule has 1 aliphatic heterocycles. The molecule has 2 heterocycles. The lowest BCUT2D eigenvalue weighted by Gasteiger charge is -2.56. The van der Waals surface area contributed by atoms with E-state index in [0.29, 0.717) is 11.4 Å². The molecule has 4 nitrogen and oxygen atoms in total. The predicted molar refractivity (Wildman–Crippen MR) is 78.5 cm³/mol. The smallest absolute Gasteiger partial charge is 0.222 e. The van der Waals surface area contributed by atoms with Crippen molar-refractivity contribution in [1.29, 1.82) is 0 Å². The number of anilines is 2. The van der Waals surface area contributed by atoms with Crippen LogP contribution in [0.5, 0.6) is 0 Å². The molecule has 0 amide bonds. The quantitative estimate of drug-likeness (QED) is 0.823. The number of fused-ring (bicyclic) bond motifs is 1. The standard InChI is InChI=1S/C16H22N4/c17-15-19-13(12-1-2-18-14(12)20-15)16-6-9-3-10(7-16)5-11(4-9)8-16/h9-11H,1-8H2,(H3,17,18,19,20). The summed E-state index contributed by atoms with van der Waals surface area (Å²) in [5.41, 5.74) is 9.02. The van der Waals surface area contributed by atoms with E-state index in [-0.39, 0.29) is 0 Å². The van der Waals surface area contributed by atoms with Crippen LogP contribution in [-0.4, -0.2) is 16.5 Å². The Kier molecular flexibility index (Phi) is 2.08. The van der Waals surface area contributed by atoms with Crippen LogP contribution < -0.4 is 11.1 Å². The molecule has 0 atom stereocenters. The monoisotopic (exact) mass is 270 g/mol.